The van der Waals surface area contributed by atoms with E-state index in [0.717, 1.165) is 82.9 Å². The zero-order valence-electron chi connectivity index (χ0n) is 30.2. The molecule has 0 atom stereocenters. The van der Waals surface area contributed by atoms with Gasteiger partial charge in [0.05, 0.1) is 7.11 Å². The maximum atomic E-state index is 14.7. The average molecular weight is 798 g/mol. The number of amides is 2. The van der Waals surface area contributed by atoms with Crippen LogP contribution >= 0.6 is 20.2 Å². The van der Waals surface area contributed by atoms with Crippen LogP contribution in [0.4, 0.5) is 10.6 Å². The molecule has 3 aromatic rings. The summed E-state index contributed by atoms with van der Waals surface area (Å²) in [6.45, 7) is 8.26. The molecule has 1 aromatic carbocycles. The number of nitrogens with zero attached hydrogens (tertiary/aromatic N) is 5. The molecule has 2 aliphatic heterocycles. The Morgan fingerprint density at radius 2 is 1.72 bits per heavy atom. The summed E-state index contributed by atoms with van der Waals surface area (Å²) < 4.78 is 20.5. The minimum atomic E-state index is -1.92. The van der Waals surface area contributed by atoms with Crippen molar-refractivity contribution in [3.63, 3.8) is 0 Å². The van der Waals surface area contributed by atoms with Gasteiger partial charge in [-0.25, -0.2) is 0 Å². The number of aryl methyl sites for hydroxylation is 1. The molecule has 3 saturated carbocycles. The zero-order chi connectivity index (χ0) is 35.0. The van der Waals surface area contributed by atoms with E-state index in [9.17, 15) is 9.59 Å². The molecule has 3 aliphatic carbocycles. The summed E-state index contributed by atoms with van der Waals surface area (Å²) in [6.07, 6.45) is 13.9. The molecular weight excluding hydrogens is 745 g/mol. The van der Waals surface area contributed by atoms with Crippen molar-refractivity contribution in [2.45, 2.75) is 89.7 Å². The number of ether oxygens (including phenoxy) is 2. The van der Waals surface area contributed by atoms with Crippen molar-refractivity contribution < 1.29 is 22.1 Å². The van der Waals surface area contributed by atoms with Crippen LogP contribution in [-0.4, -0.2) is 80.5 Å². The quantitative estimate of drug-likeness (QED) is 0.153. The topological polar surface area (TPSA) is 99.0 Å². The molecule has 270 valence electrons. The number of rotatable bonds is 10. The standard InChI is InChI=1S/C39H52IN5O5/c1-27(2)45-23-31(22-42-45)30-10-19-41-35(21-30)44(36(46)29-8-17-40(18-9-29)50-37(47)43-24-33(25-43)48-4)26-38-11-14-39(15-12-38,16-13-38)32-6-7-34(49-5)28(3)20-32/h6-7,10,19-23,27,29,33H,8-9,11-18,24-26H2,1-5H3. The summed E-state index contributed by atoms with van der Waals surface area (Å²) in [6, 6.07) is 11.1. The SMILES string of the molecule is COc1ccc(C23CCC(CN(C(=O)C4CCI(OC(=O)N5CC(OC)C5)CC4)c4cc(-c5cnn(C(C)C)c5)ccn4)(CC2)CC3)cc1C. The van der Waals surface area contributed by atoms with Gasteiger partial charge in [-0.2, -0.15) is 0 Å². The van der Waals surface area contributed by atoms with Crippen LogP contribution in [0.5, 0.6) is 5.75 Å². The Hall–Kier alpha value is -3.19. The molecule has 10 nitrogen and oxygen atoms in total. The molecule has 2 bridgehead atoms. The molecule has 0 spiro atoms. The van der Waals surface area contributed by atoms with Crippen LogP contribution < -0.4 is 9.64 Å². The molecule has 2 saturated heterocycles. The van der Waals surface area contributed by atoms with Crippen molar-refractivity contribution in [1.29, 1.82) is 0 Å². The van der Waals surface area contributed by atoms with Crippen molar-refractivity contribution in [1.82, 2.24) is 19.7 Å². The Labute approximate surface area is 304 Å². The predicted octanol–water partition coefficient (Wildman–Crippen LogP) is 7.77. The van der Waals surface area contributed by atoms with Gasteiger partial charge in [0.2, 0.25) is 0 Å². The average Bonchev–Trinajstić information content (AvgIpc) is 3.62. The smallest absolute Gasteiger partial charge is 0.0361 e. The molecule has 5 aliphatic rings. The van der Waals surface area contributed by atoms with Gasteiger partial charge in [0.1, 0.15) is 5.75 Å². The van der Waals surface area contributed by atoms with Gasteiger partial charge in [0.25, 0.3) is 0 Å². The van der Waals surface area contributed by atoms with Crippen LogP contribution in [0, 0.1) is 18.3 Å². The van der Waals surface area contributed by atoms with Gasteiger partial charge in [0.15, 0.2) is 0 Å². The molecule has 0 unspecified atom stereocenters. The fourth-order valence-corrected chi connectivity index (χ4v) is 13.1. The van der Waals surface area contributed by atoms with Gasteiger partial charge < -0.3 is 4.74 Å². The van der Waals surface area contributed by atoms with Crippen LogP contribution in [0.3, 0.4) is 0 Å². The van der Waals surface area contributed by atoms with E-state index in [1.54, 1.807) is 19.1 Å². The van der Waals surface area contributed by atoms with Gasteiger partial charge in [-0.1, -0.05) is 0 Å². The van der Waals surface area contributed by atoms with E-state index in [4.69, 9.17) is 17.5 Å². The van der Waals surface area contributed by atoms with Gasteiger partial charge in [-0.15, -0.1) is 0 Å². The second-order valence-electron chi connectivity index (χ2n) is 15.3. The Balaban J connectivity index is 1.08. The van der Waals surface area contributed by atoms with Crippen molar-refractivity contribution >= 4 is 38.1 Å². The van der Waals surface area contributed by atoms with Crippen LogP contribution in [0.15, 0.2) is 48.9 Å². The van der Waals surface area contributed by atoms with E-state index >= 15 is 0 Å². The first-order valence-corrected chi connectivity index (χ1v) is 22.1. The number of carbonyl (C=O) groups is 2. The second-order valence-corrected chi connectivity index (χ2v) is 20.2. The molecular formula is C39H52IN5O5. The number of alkyl halides is 2. The first kappa shape index (κ1) is 35.2. The van der Waals surface area contributed by atoms with Gasteiger partial charge in [-0.3, -0.25) is 0 Å². The van der Waals surface area contributed by atoms with Crippen LogP contribution in [0.2, 0.25) is 0 Å². The molecule has 4 heterocycles. The third-order valence-electron chi connectivity index (χ3n) is 12.0. The Morgan fingerprint density at radius 1 is 1.00 bits per heavy atom. The number of fused-ring (bicyclic) bond motifs is 3. The molecule has 8 rings (SSSR count). The summed E-state index contributed by atoms with van der Waals surface area (Å²) in [5, 5.41) is 4.57. The van der Waals surface area contributed by atoms with E-state index in [2.05, 4.69) is 56.3 Å². The molecule has 2 aromatic heterocycles. The summed E-state index contributed by atoms with van der Waals surface area (Å²) in [4.78, 5) is 36.0. The fraction of sp³-hybridized carbons (Fsp3) is 0.590. The van der Waals surface area contributed by atoms with Crippen molar-refractivity contribution in [3.05, 3.63) is 60.0 Å². The first-order valence-electron chi connectivity index (χ1n) is 18.2. The van der Waals surface area contributed by atoms with Crippen molar-refractivity contribution in [3.8, 4) is 16.9 Å². The molecule has 5 fully saturated rings. The van der Waals surface area contributed by atoms with Gasteiger partial charge in [0, 0.05) is 0 Å². The van der Waals surface area contributed by atoms with E-state index in [1.165, 1.54) is 11.1 Å². The first-order chi connectivity index (χ1) is 24.1. The number of halogens is 1. The predicted molar refractivity (Wildman–Crippen MR) is 203 cm³/mol. The summed E-state index contributed by atoms with van der Waals surface area (Å²) in [5.74, 6) is 1.74. The summed E-state index contributed by atoms with van der Waals surface area (Å²) in [7, 11) is 3.41. The van der Waals surface area contributed by atoms with Crippen molar-refractivity contribution in [2.24, 2.45) is 11.3 Å². The van der Waals surface area contributed by atoms with Gasteiger partial charge >= 0.3 is 255 Å². The van der Waals surface area contributed by atoms with Gasteiger partial charge in [-0.05, 0) is 32.4 Å². The summed E-state index contributed by atoms with van der Waals surface area (Å²) in [5.41, 5.74) is 4.93. The minimum absolute atomic E-state index is 0.0685. The van der Waals surface area contributed by atoms with E-state index in [1.807, 2.05) is 28.0 Å². The number of hydrogen-bond acceptors (Lipinski definition) is 7. The maximum absolute atomic E-state index is 14.7. The normalized spacial score (nSPS) is 24.7. The molecule has 2 amide bonds. The Morgan fingerprint density at radius 3 is 2.34 bits per heavy atom. The Bertz CT molecular complexity index is 1670. The molecule has 0 radical (unpaired) electrons. The van der Waals surface area contributed by atoms with Crippen LogP contribution in [0.25, 0.3) is 11.1 Å². The number of pyridine rings is 1. The molecule has 0 N–H and O–H groups in total. The number of anilines is 1. The number of benzene rings is 1. The Kier molecular flexibility index (Phi) is 10.2. The van der Waals surface area contributed by atoms with E-state index in [-0.39, 0.29) is 40.9 Å². The third kappa shape index (κ3) is 7.00. The fourth-order valence-electron chi connectivity index (χ4n) is 8.43. The van der Waals surface area contributed by atoms with E-state index in [0.29, 0.717) is 19.6 Å². The third-order valence-corrected chi connectivity index (χ3v) is 16.6. The number of aromatic nitrogens is 3. The number of likely N-dealkylation sites (tertiary alicyclic amines) is 1. The van der Waals surface area contributed by atoms with E-state index < -0.39 is 20.2 Å². The number of carbonyl (C=O) groups excluding carboxylic acids is 2. The minimum Gasteiger partial charge on any atom is -0.0361 e. The van der Waals surface area contributed by atoms with Crippen LogP contribution in [0.1, 0.15) is 82.4 Å². The molecule has 50 heavy (non-hydrogen) atoms. The van der Waals surface area contributed by atoms with Crippen LogP contribution in [-0.2, 0) is 18.0 Å². The second kappa shape index (κ2) is 14.4. The monoisotopic (exact) mass is 797 g/mol. The number of methoxy groups -OCH3 is 2. The molecule has 11 heteroatoms. The number of hydrogen-bond donors (Lipinski definition) is 0. The zero-order valence-corrected chi connectivity index (χ0v) is 32.4. The summed E-state index contributed by atoms with van der Waals surface area (Å²) >= 11 is -1.92. The van der Waals surface area contributed by atoms with Crippen molar-refractivity contribution in [2.75, 3.05) is 47.6 Å².